The second kappa shape index (κ2) is 9.50. The van der Waals surface area contributed by atoms with Crippen molar-refractivity contribution in [1.29, 1.82) is 0 Å². The predicted octanol–water partition coefficient (Wildman–Crippen LogP) is 6.69. The highest BCUT2D eigenvalue weighted by molar-refractivity contribution is 6.31. The Morgan fingerprint density at radius 3 is 2.09 bits per heavy atom. The van der Waals surface area contributed by atoms with Crippen LogP contribution < -0.4 is 0 Å². The Morgan fingerprint density at radius 2 is 1.53 bits per heavy atom. The van der Waals surface area contributed by atoms with Gasteiger partial charge in [-0.1, -0.05) is 23.2 Å². The summed E-state index contributed by atoms with van der Waals surface area (Å²) in [5.74, 6) is -0.966. The number of Topliss-reactive ketones (excluding diaryl/α,β-unsaturated/α-hetero) is 1. The molecule has 2 aromatic heterocycles. The summed E-state index contributed by atoms with van der Waals surface area (Å²) < 4.78 is 26.5. The lowest BCUT2D eigenvalue weighted by Crippen LogP contribution is -1.94. The van der Waals surface area contributed by atoms with E-state index in [0.29, 0.717) is 28.3 Å². The van der Waals surface area contributed by atoms with Crippen molar-refractivity contribution in [1.82, 2.24) is 9.97 Å². The molecule has 2 aromatic carbocycles. The molecule has 0 aliphatic rings. The van der Waals surface area contributed by atoms with Crippen LogP contribution in [-0.2, 0) is 11.2 Å². The van der Waals surface area contributed by atoms with Gasteiger partial charge in [-0.3, -0.25) is 14.9 Å². The summed E-state index contributed by atoms with van der Waals surface area (Å²) in [7, 11) is 0. The van der Waals surface area contributed by atoms with E-state index < -0.39 is 16.6 Å². The number of fused-ring (bicyclic) bond motifs is 2. The summed E-state index contributed by atoms with van der Waals surface area (Å²) in [6, 6.07) is 5.58. The third kappa shape index (κ3) is 5.15. The molecule has 0 bridgehead atoms. The monoisotopic (exact) mass is 479 g/mol. The molecular weight excluding hydrogens is 463 g/mol. The third-order valence-corrected chi connectivity index (χ3v) is 5.23. The highest BCUT2D eigenvalue weighted by Gasteiger charge is 2.10. The predicted molar refractivity (Wildman–Crippen MR) is 122 cm³/mol. The van der Waals surface area contributed by atoms with Crippen LogP contribution in [0.5, 0.6) is 0 Å². The van der Waals surface area contributed by atoms with Crippen LogP contribution in [0.3, 0.4) is 0 Å². The summed E-state index contributed by atoms with van der Waals surface area (Å²) in [4.78, 5) is 26.8. The first-order valence-electron chi connectivity index (χ1n) is 9.30. The Bertz CT molecular complexity index is 1380. The zero-order valence-corrected chi connectivity index (χ0v) is 18.4. The number of nitro groups is 1. The first kappa shape index (κ1) is 23.4. The smallest absolute Gasteiger partial charge is 0.243 e. The molecule has 0 spiro atoms. The van der Waals surface area contributed by atoms with Crippen molar-refractivity contribution in [2.75, 3.05) is 0 Å². The minimum atomic E-state index is -0.549. The van der Waals surface area contributed by atoms with Gasteiger partial charge in [0.05, 0.1) is 15.0 Å². The number of aromatic nitrogens is 2. The van der Waals surface area contributed by atoms with Crippen molar-refractivity contribution in [3.63, 3.8) is 0 Å². The summed E-state index contributed by atoms with van der Waals surface area (Å²) in [6.45, 7) is 2.89. The first-order valence-corrected chi connectivity index (χ1v) is 10.1. The molecule has 6 nitrogen and oxygen atoms in total. The number of halogens is 4. The molecule has 32 heavy (non-hydrogen) atoms. The molecule has 4 rings (SSSR count). The van der Waals surface area contributed by atoms with Gasteiger partial charge in [-0.2, -0.15) is 0 Å². The van der Waals surface area contributed by atoms with E-state index in [1.807, 2.05) is 0 Å². The maximum Gasteiger partial charge on any atom is 0.243 e. The van der Waals surface area contributed by atoms with E-state index in [1.165, 1.54) is 44.2 Å². The number of hydrogen-bond donors (Lipinski definition) is 2. The number of benzene rings is 2. The number of ketones is 1. The van der Waals surface area contributed by atoms with Gasteiger partial charge in [-0.05, 0) is 36.8 Å². The minimum Gasteiger partial charge on any atom is -0.361 e. The SMILES string of the molecule is C/C(=C/c1c[nH]c2cc(Cl)c(F)cc12)[N+](=O)[O-].CC(=O)Cc1c[nH]c2cc(Cl)c(F)cc12. The van der Waals surface area contributed by atoms with Crippen molar-refractivity contribution in [2.45, 2.75) is 20.3 Å². The van der Waals surface area contributed by atoms with E-state index >= 15 is 0 Å². The standard InChI is InChI=1S/C11H8ClFN2O2.C11H9ClFNO/c1-6(15(16)17)2-7-5-14-11-4-9(12)10(13)3-8(7)11;1-6(15)2-7-5-14-11-4-9(12)10(13)3-8(7)11/h2-5,14H,1H3;3-5,14H,2H2,1H3/b6-2-;. The largest absolute Gasteiger partial charge is 0.361 e. The van der Waals surface area contributed by atoms with E-state index in [-0.39, 0.29) is 21.5 Å². The fraction of sp³-hybridized carbons (Fsp3) is 0.136. The van der Waals surface area contributed by atoms with Crippen molar-refractivity contribution in [3.8, 4) is 0 Å². The van der Waals surface area contributed by atoms with E-state index in [0.717, 1.165) is 11.1 Å². The summed E-state index contributed by atoms with van der Waals surface area (Å²) in [6.07, 6.45) is 4.97. The van der Waals surface area contributed by atoms with Crippen LogP contribution in [0.15, 0.2) is 42.4 Å². The number of hydrogen-bond acceptors (Lipinski definition) is 3. The number of H-pyrrole nitrogens is 2. The van der Waals surface area contributed by atoms with Gasteiger partial charge >= 0.3 is 0 Å². The van der Waals surface area contributed by atoms with Crippen molar-refractivity contribution in [2.24, 2.45) is 0 Å². The molecule has 2 N–H and O–H groups in total. The van der Waals surface area contributed by atoms with Crippen LogP contribution in [0.25, 0.3) is 27.9 Å². The van der Waals surface area contributed by atoms with Gasteiger partial charge in [0, 0.05) is 59.2 Å². The fourth-order valence-corrected chi connectivity index (χ4v) is 3.45. The topological polar surface area (TPSA) is 91.8 Å². The first-order chi connectivity index (χ1) is 15.1. The second-order valence-electron chi connectivity index (χ2n) is 7.10. The average Bonchev–Trinajstić information content (AvgIpc) is 3.27. The Labute approximate surface area is 191 Å². The normalized spacial score (nSPS) is 11.5. The zero-order chi connectivity index (χ0) is 23.6. The van der Waals surface area contributed by atoms with Gasteiger partial charge in [-0.15, -0.1) is 0 Å². The Kier molecular flexibility index (Phi) is 6.96. The molecule has 0 atom stereocenters. The molecule has 166 valence electrons. The van der Waals surface area contributed by atoms with E-state index in [1.54, 1.807) is 12.4 Å². The summed E-state index contributed by atoms with van der Waals surface area (Å²) in [5, 5.41) is 11.9. The molecule has 0 unspecified atom stereocenters. The van der Waals surface area contributed by atoms with Gasteiger partial charge in [-0.25, -0.2) is 8.78 Å². The number of allylic oxidation sites excluding steroid dienone is 1. The summed E-state index contributed by atoms with van der Waals surface area (Å²) in [5.41, 5.74) is 2.73. The van der Waals surface area contributed by atoms with Crippen LogP contribution in [0, 0.1) is 21.7 Å². The quantitative estimate of drug-likeness (QED) is 0.252. The molecule has 0 aliphatic heterocycles. The molecule has 0 saturated carbocycles. The number of aromatic amines is 2. The lowest BCUT2D eigenvalue weighted by atomic mass is 10.1. The van der Waals surface area contributed by atoms with Gasteiger partial charge < -0.3 is 9.97 Å². The number of nitrogens with zero attached hydrogens (tertiary/aromatic N) is 1. The number of rotatable bonds is 4. The van der Waals surface area contributed by atoms with Crippen molar-refractivity contribution in [3.05, 3.63) is 85.3 Å². The third-order valence-electron chi connectivity index (χ3n) is 4.65. The molecule has 10 heteroatoms. The van der Waals surface area contributed by atoms with Crippen LogP contribution >= 0.6 is 23.2 Å². The van der Waals surface area contributed by atoms with Gasteiger partial charge in [0.25, 0.3) is 0 Å². The Balaban J connectivity index is 0.000000182. The average molecular weight is 480 g/mol. The number of nitrogens with one attached hydrogen (secondary N) is 2. The Hall–Kier alpha value is -3.23. The molecule has 0 amide bonds. The van der Waals surface area contributed by atoms with E-state index in [4.69, 9.17) is 23.2 Å². The molecule has 0 radical (unpaired) electrons. The molecular formula is C22H17Cl2F2N3O3. The van der Waals surface area contributed by atoms with Crippen LogP contribution in [0.1, 0.15) is 25.0 Å². The highest BCUT2D eigenvalue weighted by Crippen LogP contribution is 2.27. The summed E-state index contributed by atoms with van der Waals surface area (Å²) >= 11 is 11.3. The number of carbonyl (C=O) groups excluding carboxylic acids is 1. The Morgan fingerprint density at radius 1 is 1.00 bits per heavy atom. The van der Waals surface area contributed by atoms with Crippen LogP contribution in [0.2, 0.25) is 10.0 Å². The molecule has 4 aromatic rings. The lowest BCUT2D eigenvalue weighted by Gasteiger charge is -1.97. The molecule has 0 aliphatic carbocycles. The van der Waals surface area contributed by atoms with Gasteiger partial charge in [0.15, 0.2) is 0 Å². The van der Waals surface area contributed by atoms with Crippen molar-refractivity contribution >= 4 is 56.9 Å². The lowest BCUT2D eigenvalue weighted by molar-refractivity contribution is -0.422. The molecule has 2 heterocycles. The second-order valence-corrected chi connectivity index (χ2v) is 7.92. The zero-order valence-electron chi connectivity index (χ0n) is 16.9. The minimum absolute atomic E-state index is 0.0127. The maximum absolute atomic E-state index is 13.3. The van der Waals surface area contributed by atoms with Gasteiger partial charge in [0.1, 0.15) is 17.4 Å². The fourth-order valence-electron chi connectivity index (χ4n) is 3.12. The van der Waals surface area contributed by atoms with Crippen molar-refractivity contribution < 1.29 is 18.5 Å². The van der Waals surface area contributed by atoms with E-state index in [9.17, 15) is 23.7 Å². The van der Waals surface area contributed by atoms with Crippen LogP contribution in [0.4, 0.5) is 8.78 Å². The van der Waals surface area contributed by atoms with Gasteiger partial charge in [0.2, 0.25) is 5.70 Å². The molecule has 0 saturated heterocycles. The number of carbonyl (C=O) groups is 1. The molecule has 0 fully saturated rings. The highest BCUT2D eigenvalue weighted by atomic mass is 35.5. The maximum atomic E-state index is 13.3. The van der Waals surface area contributed by atoms with Crippen LogP contribution in [-0.4, -0.2) is 20.7 Å². The van der Waals surface area contributed by atoms with E-state index in [2.05, 4.69) is 9.97 Å².